The SMILES string of the molecule is Cc1ccc(C2=N/C(=C\c3cn(-c4ccccc4)nc3-c3ccccc3)C(=O)O2)cc1. The lowest BCUT2D eigenvalue weighted by molar-refractivity contribution is -0.129. The van der Waals surface area contributed by atoms with Crippen molar-refractivity contribution in [2.24, 2.45) is 4.99 Å². The van der Waals surface area contributed by atoms with Crippen LogP contribution in [0.4, 0.5) is 0 Å². The number of cyclic esters (lactones) is 1. The summed E-state index contributed by atoms with van der Waals surface area (Å²) in [6.45, 7) is 2.01. The van der Waals surface area contributed by atoms with E-state index < -0.39 is 5.97 Å². The maximum absolute atomic E-state index is 12.5. The van der Waals surface area contributed by atoms with Crippen molar-refractivity contribution in [2.75, 3.05) is 0 Å². The molecule has 31 heavy (non-hydrogen) atoms. The smallest absolute Gasteiger partial charge is 0.363 e. The molecule has 5 heteroatoms. The van der Waals surface area contributed by atoms with Crippen molar-refractivity contribution in [2.45, 2.75) is 6.92 Å². The zero-order valence-electron chi connectivity index (χ0n) is 16.9. The molecule has 1 aliphatic heterocycles. The quantitative estimate of drug-likeness (QED) is 0.347. The fraction of sp³-hybridized carbons (Fsp3) is 0.0385. The van der Waals surface area contributed by atoms with Crippen LogP contribution in [0.5, 0.6) is 0 Å². The van der Waals surface area contributed by atoms with Crippen molar-refractivity contribution in [1.82, 2.24) is 9.78 Å². The van der Waals surface area contributed by atoms with E-state index in [1.54, 1.807) is 10.8 Å². The number of carbonyl (C=O) groups excluding carboxylic acids is 1. The molecule has 2 heterocycles. The van der Waals surface area contributed by atoms with Gasteiger partial charge >= 0.3 is 5.97 Å². The second-order valence-corrected chi connectivity index (χ2v) is 7.28. The van der Waals surface area contributed by atoms with Crippen LogP contribution in [0.1, 0.15) is 16.7 Å². The highest BCUT2D eigenvalue weighted by Crippen LogP contribution is 2.27. The summed E-state index contributed by atoms with van der Waals surface area (Å²) in [6.07, 6.45) is 3.63. The summed E-state index contributed by atoms with van der Waals surface area (Å²) in [5.74, 6) is -0.157. The van der Waals surface area contributed by atoms with Gasteiger partial charge in [0.1, 0.15) is 5.69 Å². The van der Waals surface area contributed by atoms with Gasteiger partial charge in [0, 0.05) is 22.9 Å². The minimum absolute atomic E-state index is 0.250. The fourth-order valence-corrected chi connectivity index (χ4v) is 3.40. The third-order valence-corrected chi connectivity index (χ3v) is 5.02. The lowest BCUT2D eigenvalue weighted by Crippen LogP contribution is -2.05. The Labute approximate surface area is 180 Å². The zero-order chi connectivity index (χ0) is 21.2. The summed E-state index contributed by atoms with van der Waals surface area (Å²) in [7, 11) is 0. The Kier molecular flexibility index (Phi) is 4.77. The van der Waals surface area contributed by atoms with Gasteiger partial charge < -0.3 is 4.74 Å². The van der Waals surface area contributed by atoms with Crippen molar-refractivity contribution < 1.29 is 9.53 Å². The van der Waals surface area contributed by atoms with Gasteiger partial charge in [0.15, 0.2) is 5.70 Å². The summed E-state index contributed by atoms with van der Waals surface area (Å²) in [4.78, 5) is 17.0. The van der Waals surface area contributed by atoms with Crippen molar-refractivity contribution in [3.8, 4) is 16.9 Å². The topological polar surface area (TPSA) is 56.5 Å². The van der Waals surface area contributed by atoms with E-state index in [0.717, 1.165) is 33.6 Å². The Hall–Kier alpha value is -4.25. The number of aryl methyl sites for hydroxylation is 1. The number of hydrogen-bond acceptors (Lipinski definition) is 4. The van der Waals surface area contributed by atoms with E-state index in [9.17, 15) is 4.79 Å². The molecular formula is C26H19N3O2. The summed E-state index contributed by atoms with van der Waals surface area (Å²) in [5.41, 5.74) is 5.59. The van der Waals surface area contributed by atoms with Crippen LogP contribution >= 0.6 is 0 Å². The Bertz CT molecular complexity index is 1300. The Balaban J connectivity index is 1.59. The Morgan fingerprint density at radius 1 is 0.839 bits per heavy atom. The van der Waals surface area contributed by atoms with Gasteiger partial charge in [-0.2, -0.15) is 5.10 Å². The number of esters is 1. The molecule has 0 saturated heterocycles. The van der Waals surface area contributed by atoms with E-state index >= 15 is 0 Å². The lowest BCUT2D eigenvalue weighted by atomic mass is 10.1. The van der Waals surface area contributed by atoms with Crippen molar-refractivity contribution in [1.29, 1.82) is 0 Å². The van der Waals surface area contributed by atoms with Crippen LogP contribution in [0, 0.1) is 6.92 Å². The van der Waals surface area contributed by atoms with Crippen LogP contribution in [0.3, 0.4) is 0 Å². The summed E-state index contributed by atoms with van der Waals surface area (Å²) in [6, 6.07) is 27.4. The molecule has 0 spiro atoms. The van der Waals surface area contributed by atoms with Gasteiger partial charge in [-0.3, -0.25) is 0 Å². The minimum atomic E-state index is -0.470. The maximum Gasteiger partial charge on any atom is 0.363 e. The number of ether oxygens (including phenoxy) is 1. The van der Waals surface area contributed by atoms with Crippen molar-refractivity contribution >= 4 is 17.9 Å². The molecule has 4 aromatic rings. The largest absolute Gasteiger partial charge is 0.402 e. The van der Waals surface area contributed by atoms with Crippen LogP contribution in [0.2, 0.25) is 0 Å². The molecular weight excluding hydrogens is 386 g/mol. The van der Waals surface area contributed by atoms with Crippen LogP contribution < -0.4 is 0 Å². The van der Waals surface area contributed by atoms with Gasteiger partial charge in [-0.05, 0) is 37.3 Å². The zero-order valence-corrected chi connectivity index (χ0v) is 16.9. The average Bonchev–Trinajstić information content (AvgIpc) is 3.40. The molecule has 0 aliphatic carbocycles. The third kappa shape index (κ3) is 3.81. The van der Waals surface area contributed by atoms with Crippen molar-refractivity contribution in [3.63, 3.8) is 0 Å². The number of hydrogen-bond donors (Lipinski definition) is 0. The van der Waals surface area contributed by atoms with E-state index in [1.165, 1.54) is 0 Å². The van der Waals surface area contributed by atoms with Gasteiger partial charge in [0.25, 0.3) is 0 Å². The van der Waals surface area contributed by atoms with Crippen molar-refractivity contribution in [3.05, 3.63) is 114 Å². The van der Waals surface area contributed by atoms with Crippen LogP contribution in [-0.4, -0.2) is 21.6 Å². The molecule has 0 bridgehead atoms. The number of nitrogens with zero attached hydrogens (tertiary/aromatic N) is 3. The van der Waals surface area contributed by atoms with Crippen LogP contribution in [-0.2, 0) is 9.53 Å². The highest BCUT2D eigenvalue weighted by atomic mass is 16.6. The summed E-state index contributed by atoms with van der Waals surface area (Å²) < 4.78 is 7.23. The van der Waals surface area contributed by atoms with E-state index in [2.05, 4.69) is 4.99 Å². The molecule has 5 rings (SSSR count). The molecule has 0 amide bonds. The minimum Gasteiger partial charge on any atom is -0.402 e. The molecule has 150 valence electrons. The molecule has 1 aromatic heterocycles. The number of benzene rings is 3. The molecule has 0 unspecified atom stereocenters. The van der Waals surface area contributed by atoms with E-state index in [4.69, 9.17) is 9.84 Å². The van der Waals surface area contributed by atoms with E-state index in [1.807, 2.05) is 98.0 Å². The molecule has 0 saturated carbocycles. The Morgan fingerprint density at radius 2 is 1.52 bits per heavy atom. The number of carbonyl (C=O) groups is 1. The molecule has 0 fully saturated rings. The second-order valence-electron chi connectivity index (χ2n) is 7.28. The molecule has 1 aliphatic rings. The number of rotatable bonds is 4. The highest BCUT2D eigenvalue weighted by molar-refractivity contribution is 6.13. The average molecular weight is 405 g/mol. The maximum atomic E-state index is 12.5. The monoisotopic (exact) mass is 405 g/mol. The predicted molar refractivity (Wildman–Crippen MR) is 121 cm³/mol. The van der Waals surface area contributed by atoms with Crippen LogP contribution in [0.25, 0.3) is 23.0 Å². The molecule has 3 aromatic carbocycles. The first-order valence-corrected chi connectivity index (χ1v) is 9.97. The molecule has 0 atom stereocenters. The van der Waals surface area contributed by atoms with E-state index in [-0.39, 0.29) is 5.70 Å². The lowest BCUT2D eigenvalue weighted by Gasteiger charge is -2.00. The van der Waals surface area contributed by atoms with E-state index in [0.29, 0.717) is 5.90 Å². The summed E-state index contributed by atoms with van der Waals surface area (Å²) in [5, 5.41) is 4.78. The standard InChI is InChI=1S/C26H19N3O2/c1-18-12-14-20(15-13-18)25-27-23(26(30)31-25)16-21-17-29(22-10-6-3-7-11-22)28-24(21)19-8-4-2-5-9-19/h2-17H,1H3/b23-16-. The van der Waals surface area contributed by atoms with Gasteiger partial charge in [-0.15, -0.1) is 0 Å². The number of aliphatic imine (C=N–C) groups is 1. The predicted octanol–water partition coefficient (Wildman–Crippen LogP) is 5.19. The first kappa shape index (κ1) is 18.8. The van der Waals surface area contributed by atoms with Gasteiger partial charge in [0.05, 0.1) is 5.69 Å². The fourth-order valence-electron chi connectivity index (χ4n) is 3.40. The third-order valence-electron chi connectivity index (χ3n) is 5.02. The molecule has 0 radical (unpaired) electrons. The van der Waals surface area contributed by atoms with Gasteiger partial charge in [0.2, 0.25) is 5.90 Å². The van der Waals surface area contributed by atoms with Gasteiger partial charge in [-0.1, -0.05) is 66.2 Å². The number of para-hydroxylation sites is 1. The van der Waals surface area contributed by atoms with Crippen LogP contribution in [0.15, 0.2) is 102 Å². The first-order chi connectivity index (χ1) is 15.2. The second kappa shape index (κ2) is 7.88. The first-order valence-electron chi connectivity index (χ1n) is 9.97. The molecule has 0 N–H and O–H groups in total. The molecule has 5 nitrogen and oxygen atoms in total. The highest BCUT2D eigenvalue weighted by Gasteiger charge is 2.25. The Morgan fingerprint density at radius 3 is 2.23 bits per heavy atom. The normalized spacial score (nSPS) is 14.5. The van der Waals surface area contributed by atoms with Gasteiger partial charge in [-0.25, -0.2) is 14.5 Å². The number of aromatic nitrogens is 2. The summed E-state index contributed by atoms with van der Waals surface area (Å²) >= 11 is 0.